The molecule has 0 radical (unpaired) electrons. The second-order valence-electron chi connectivity index (χ2n) is 6.07. The fourth-order valence-corrected chi connectivity index (χ4v) is 3.10. The number of benzene rings is 1. The van der Waals surface area contributed by atoms with E-state index in [1.54, 1.807) is 41.2 Å². The molecule has 0 bridgehead atoms. The molecule has 0 aliphatic rings. The van der Waals surface area contributed by atoms with Crippen LogP contribution in [0, 0.1) is 0 Å². The molecule has 0 unspecified atom stereocenters. The van der Waals surface area contributed by atoms with Gasteiger partial charge in [0.1, 0.15) is 11.4 Å². The number of methoxy groups -OCH3 is 1. The average Bonchev–Trinajstić information content (AvgIpc) is 3.34. The minimum absolute atomic E-state index is 0.0802. The molecule has 8 heteroatoms. The number of carboxylic acid groups (broad SMARTS) is 1. The summed E-state index contributed by atoms with van der Waals surface area (Å²) >= 11 is 0. The maximum absolute atomic E-state index is 11.6. The zero-order chi connectivity index (χ0) is 19.8. The summed E-state index contributed by atoms with van der Waals surface area (Å²) in [5.41, 5.74) is 8.50. The van der Waals surface area contributed by atoms with Gasteiger partial charge in [-0.05, 0) is 24.3 Å². The molecule has 0 fully saturated rings. The normalized spacial score (nSPS) is 10.9. The number of ether oxygens (including phenoxy) is 1. The third kappa shape index (κ3) is 2.77. The van der Waals surface area contributed by atoms with E-state index in [0.717, 1.165) is 11.1 Å². The number of pyridine rings is 1. The Kier molecular flexibility index (Phi) is 4.08. The molecule has 4 rings (SSSR count). The lowest BCUT2D eigenvalue weighted by molar-refractivity contribution is 0.0696. The predicted molar refractivity (Wildman–Crippen MR) is 101 cm³/mol. The molecular formula is C20H15N3O5. The lowest BCUT2D eigenvalue weighted by Gasteiger charge is -2.10. The highest BCUT2D eigenvalue weighted by Crippen LogP contribution is 2.33. The van der Waals surface area contributed by atoms with Crippen LogP contribution < -0.4 is 10.5 Å². The van der Waals surface area contributed by atoms with Crippen molar-refractivity contribution in [2.75, 3.05) is 7.11 Å². The van der Waals surface area contributed by atoms with E-state index < -0.39 is 11.9 Å². The maximum atomic E-state index is 11.6. The lowest BCUT2D eigenvalue weighted by atomic mass is 10.1. The Balaban J connectivity index is 1.98. The van der Waals surface area contributed by atoms with Crippen LogP contribution in [0.15, 0.2) is 59.7 Å². The summed E-state index contributed by atoms with van der Waals surface area (Å²) in [5, 5.41) is 9.97. The largest absolute Gasteiger partial charge is 0.496 e. The predicted octanol–water partition coefficient (Wildman–Crippen LogP) is 3.09. The Morgan fingerprint density at radius 3 is 2.71 bits per heavy atom. The van der Waals surface area contributed by atoms with Gasteiger partial charge in [0, 0.05) is 35.0 Å². The van der Waals surface area contributed by atoms with E-state index in [9.17, 15) is 14.7 Å². The SMILES string of the molecule is COc1cc(-n2cc(-c3ccoc3)c3cc(C(=O)O)cnc32)ccc1C(N)=O. The number of hydrogen-bond acceptors (Lipinski definition) is 5. The van der Waals surface area contributed by atoms with Crippen LogP contribution in [-0.2, 0) is 0 Å². The van der Waals surface area contributed by atoms with Crippen molar-refractivity contribution in [2.24, 2.45) is 5.73 Å². The van der Waals surface area contributed by atoms with Crippen LogP contribution in [0.3, 0.4) is 0 Å². The zero-order valence-corrected chi connectivity index (χ0v) is 14.7. The first-order valence-electron chi connectivity index (χ1n) is 8.24. The van der Waals surface area contributed by atoms with Crippen molar-refractivity contribution in [3.8, 4) is 22.6 Å². The van der Waals surface area contributed by atoms with Gasteiger partial charge in [-0.3, -0.25) is 4.79 Å². The minimum atomic E-state index is -1.06. The van der Waals surface area contributed by atoms with Crippen molar-refractivity contribution >= 4 is 22.9 Å². The number of carbonyl (C=O) groups excluding carboxylic acids is 1. The molecular weight excluding hydrogens is 362 g/mol. The van der Waals surface area contributed by atoms with E-state index in [0.29, 0.717) is 22.5 Å². The van der Waals surface area contributed by atoms with Gasteiger partial charge in [0.25, 0.3) is 5.91 Å². The van der Waals surface area contributed by atoms with E-state index in [1.165, 1.54) is 19.6 Å². The molecule has 0 atom stereocenters. The first-order valence-corrected chi connectivity index (χ1v) is 8.24. The summed E-state index contributed by atoms with van der Waals surface area (Å²) in [7, 11) is 1.45. The third-order valence-corrected chi connectivity index (χ3v) is 4.45. The fourth-order valence-electron chi connectivity index (χ4n) is 3.10. The van der Waals surface area contributed by atoms with Crippen molar-refractivity contribution < 1.29 is 23.8 Å². The maximum Gasteiger partial charge on any atom is 0.337 e. The van der Waals surface area contributed by atoms with Crippen LogP contribution in [0.1, 0.15) is 20.7 Å². The molecule has 3 aromatic heterocycles. The van der Waals surface area contributed by atoms with Crippen molar-refractivity contribution in [3.05, 3.63) is 66.4 Å². The highest BCUT2D eigenvalue weighted by molar-refractivity contribution is 6.00. The van der Waals surface area contributed by atoms with E-state index >= 15 is 0 Å². The number of primary amides is 1. The van der Waals surface area contributed by atoms with E-state index in [2.05, 4.69) is 4.98 Å². The molecule has 3 heterocycles. The summed E-state index contributed by atoms with van der Waals surface area (Å²) in [4.78, 5) is 27.3. The highest BCUT2D eigenvalue weighted by Gasteiger charge is 2.18. The molecule has 0 aliphatic heterocycles. The van der Waals surface area contributed by atoms with Gasteiger partial charge in [-0.15, -0.1) is 0 Å². The molecule has 4 aromatic rings. The smallest absolute Gasteiger partial charge is 0.337 e. The quantitative estimate of drug-likeness (QED) is 0.551. The number of fused-ring (bicyclic) bond motifs is 1. The molecule has 1 amide bonds. The van der Waals surface area contributed by atoms with Crippen molar-refractivity contribution in [1.29, 1.82) is 0 Å². The van der Waals surface area contributed by atoms with Crippen LogP contribution in [0.25, 0.3) is 27.8 Å². The van der Waals surface area contributed by atoms with Crippen LogP contribution >= 0.6 is 0 Å². The van der Waals surface area contributed by atoms with Gasteiger partial charge in [-0.25, -0.2) is 9.78 Å². The van der Waals surface area contributed by atoms with Crippen LogP contribution in [0.2, 0.25) is 0 Å². The number of nitrogens with zero attached hydrogens (tertiary/aromatic N) is 2. The Morgan fingerprint density at radius 1 is 1.25 bits per heavy atom. The second-order valence-corrected chi connectivity index (χ2v) is 6.07. The summed E-state index contributed by atoms with van der Waals surface area (Å²) in [6.07, 6.45) is 6.24. The Morgan fingerprint density at radius 2 is 2.07 bits per heavy atom. The van der Waals surface area contributed by atoms with Gasteiger partial charge < -0.3 is 24.6 Å². The zero-order valence-electron chi connectivity index (χ0n) is 14.7. The van der Waals surface area contributed by atoms with Crippen molar-refractivity contribution in [2.45, 2.75) is 0 Å². The minimum Gasteiger partial charge on any atom is -0.496 e. The number of aromatic nitrogens is 2. The number of rotatable bonds is 5. The standard InChI is InChI=1S/C20H15N3O5/c1-27-17-7-13(2-3-14(17)18(21)24)23-9-16(11-4-5-28-10-11)15-6-12(20(25)26)8-22-19(15)23/h2-10H,1H3,(H2,21,24)(H,25,26). The summed E-state index contributed by atoms with van der Waals surface area (Å²) in [6, 6.07) is 8.31. The van der Waals surface area contributed by atoms with Crippen LogP contribution in [0.5, 0.6) is 5.75 Å². The van der Waals surface area contributed by atoms with Gasteiger partial charge >= 0.3 is 5.97 Å². The monoisotopic (exact) mass is 377 g/mol. The molecule has 28 heavy (non-hydrogen) atoms. The number of nitrogens with two attached hydrogens (primary N) is 1. The number of hydrogen-bond donors (Lipinski definition) is 2. The molecule has 0 spiro atoms. The molecule has 0 saturated heterocycles. The van der Waals surface area contributed by atoms with Crippen LogP contribution in [0.4, 0.5) is 0 Å². The van der Waals surface area contributed by atoms with Gasteiger partial charge in [-0.2, -0.15) is 0 Å². The summed E-state index contributed by atoms with van der Waals surface area (Å²) in [6.45, 7) is 0. The van der Waals surface area contributed by atoms with E-state index in [-0.39, 0.29) is 11.1 Å². The molecule has 3 N–H and O–H groups in total. The van der Waals surface area contributed by atoms with Crippen molar-refractivity contribution in [1.82, 2.24) is 9.55 Å². The second kappa shape index (κ2) is 6.58. The van der Waals surface area contributed by atoms with Gasteiger partial charge in [-0.1, -0.05) is 0 Å². The topological polar surface area (TPSA) is 121 Å². The van der Waals surface area contributed by atoms with Gasteiger partial charge in [0.2, 0.25) is 0 Å². The highest BCUT2D eigenvalue weighted by atomic mass is 16.5. The van der Waals surface area contributed by atoms with E-state index in [4.69, 9.17) is 14.9 Å². The molecule has 1 aromatic carbocycles. The average molecular weight is 377 g/mol. The Labute approximate surface area is 158 Å². The first kappa shape index (κ1) is 17.3. The van der Waals surface area contributed by atoms with Crippen molar-refractivity contribution in [3.63, 3.8) is 0 Å². The molecule has 0 aliphatic carbocycles. The fraction of sp³-hybridized carbons (Fsp3) is 0.0500. The number of furan rings is 1. The first-order chi connectivity index (χ1) is 13.5. The molecule has 0 saturated carbocycles. The Bertz CT molecular complexity index is 1210. The lowest BCUT2D eigenvalue weighted by Crippen LogP contribution is -2.12. The van der Waals surface area contributed by atoms with Crippen LogP contribution in [-0.4, -0.2) is 33.6 Å². The summed E-state index contributed by atoms with van der Waals surface area (Å²) < 4.78 is 12.2. The number of amides is 1. The Hall–Kier alpha value is -4.07. The number of aromatic carboxylic acids is 1. The molecule has 140 valence electrons. The molecule has 8 nitrogen and oxygen atoms in total. The van der Waals surface area contributed by atoms with Gasteiger partial charge in [0.05, 0.1) is 36.5 Å². The number of carbonyl (C=O) groups is 2. The van der Waals surface area contributed by atoms with Gasteiger partial charge in [0.15, 0.2) is 0 Å². The number of carboxylic acids is 1. The van der Waals surface area contributed by atoms with E-state index in [1.807, 2.05) is 6.20 Å². The third-order valence-electron chi connectivity index (χ3n) is 4.45. The summed E-state index contributed by atoms with van der Waals surface area (Å²) in [5.74, 6) is -1.32.